The lowest BCUT2D eigenvalue weighted by Gasteiger charge is -2.09. The van der Waals surface area contributed by atoms with Crippen LogP contribution in [0.1, 0.15) is 5.56 Å². The van der Waals surface area contributed by atoms with E-state index < -0.39 is 28.8 Å². The highest BCUT2D eigenvalue weighted by atomic mass is 19.4. The van der Waals surface area contributed by atoms with Gasteiger partial charge >= 0.3 is 11.9 Å². The third kappa shape index (κ3) is 2.56. The molecule has 100 valence electrons. The van der Waals surface area contributed by atoms with E-state index in [9.17, 15) is 27.2 Å². The van der Waals surface area contributed by atoms with Crippen LogP contribution < -0.4 is 11.2 Å². The maximum Gasteiger partial charge on any atom is 0.419 e. The molecule has 0 fully saturated rings. The van der Waals surface area contributed by atoms with Crippen molar-refractivity contribution in [3.8, 4) is 11.1 Å². The Morgan fingerprint density at radius 2 is 1.79 bits per heavy atom. The molecule has 0 bridgehead atoms. The number of aromatic amines is 2. The molecule has 0 aliphatic rings. The van der Waals surface area contributed by atoms with Crippen molar-refractivity contribution in [2.24, 2.45) is 0 Å². The molecule has 0 saturated carbocycles. The Morgan fingerprint density at radius 3 is 2.37 bits per heavy atom. The monoisotopic (exact) mass is 274 g/mol. The minimum atomic E-state index is -4.87. The molecule has 1 aromatic carbocycles. The molecular formula is C11H6F4N2O2. The second kappa shape index (κ2) is 4.38. The van der Waals surface area contributed by atoms with Gasteiger partial charge in [0.2, 0.25) is 0 Å². The highest BCUT2D eigenvalue weighted by Crippen LogP contribution is 2.33. The number of rotatable bonds is 1. The second-order valence-corrected chi connectivity index (χ2v) is 3.68. The van der Waals surface area contributed by atoms with Crippen molar-refractivity contribution in [1.29, 1.82) is 0 Å². The molecule has 0 spiro atoms. The Kier molecular flexibility index (Phi) is 3.01. The van der Waals surface area contributed by atoms with Crippen molar-refractivity contribution >= 4 is 0 Å². The Morgan fingerprint density at radius 1 is 1.11 bits per heavy atom. The van der Waals surface area contributed by atoms with Crippen LogP contribution in [0.2, 0.25) is 0 Å². The fourth-order valence-electron chi connectivity index (χ4n) is 1.53. The van der Waals surface area contributed by atoms with Gasteiger partial charge in [-0.1, -0.05) is 6.07 Å². The Bertz CT molecular complexity index is 730. The molecule has 8 heteroatoms. The van der Waals surface area contributed by atoms with Gasteiger partial charge in [-0.15, -0.1) is 0 Å². The van der Waals surface area contributed by atoms with Crippen molar-refractivity contribution in [3.05, 3.63) is 56.6 Å². The van der Waals surface area contributed by atoms with Crippen LogP contribution in [0.3, 0.4) is 0 Å². The van der Waals surface area contributed by atoms with Crippen LogP contribution in [0.15, 0.2) is 34.0 Å². The van der Waals surface area contributed by atoms with Gasteiger partial charge in [0.05, 0.1) is 11.1 Å². The van der Waals surface area contributed by atoms with Gasteiger partial charge in [0, 0.05) is 6.20 Å². The molecule has 0 aliphatic heterocycles. The highest BCUT2D eigenvalue weighted by molar-refractivity contribution is 5.62. The molecule has 2 aromatic rings. The fourth-order valence-corrected chi connectivity index (χ4v) is 1.53. The standard InChI is InChI=1S/C11H6F4N2O2/c12-8-2-1-5(3-7(8)11(13,14)15)6-4-16-10(19)17-9(6)18/h1-4H,(H2,16,17,18,19). The Labute approximate surface area is 102 Å². The van der Waals surface area contributed by atoms with Crippen LogP contribution in [0.5, 0.6) is 0 Å². The van der Waals surface area contributed by atoms with Crippen molar-refractivity contribution in [1.82, 2.24) is 9.97 Å². The summed E-state index contributed by atoms with van der Waals surface area (Å²) < 4.78 is 50.7. The quantitative estimate of drug-likeness (QED) is 0.780. The minimum Gasteiger partial charge on any atom is -0.313 e. The number of hydrogen-bond donors (Lipinski definition) is 2. The third-order valence-electron chi connectivity index (χ3n) is 2.40. The summed E-state index contributed by atoms with van der Waals surface area (Å²) in [5, 5.41) is 0. The average molecular weight is 274 g/mol. The van der Waals surface area contributed by atoms with Crippen LogP contribution >= 0.6 is 0 Å². The molecule has 1 heterocycles. The fraction of sp³-hybridized carbons (Fsp3) is 0.0909. The van der Waals surface area contributed by atoms with E-state index in [-0.39, 0.29) is 11.1 Å². The van der Waals surface area contributed by atoms with Crippen LogP contribution in [-0.2, 0) is 6.18 Å². The first-order valence-electron chi connectivity index (χ1n) is 4.98. The molecule has 0 amide bonds. The number of hydrogen-bond acceptors (Lipinski definition) is 2. The molecule has 1 aromatic heterocycles. The van der Waals surface area contributed by atoms with Crippen LogP contribution in [0, 0.1) is 5.82 Å². The average Bonchev–Trinajstić information content (AvgIpc) is 2.29. The zero-order valence-corrected chi connectivity index (χ0v) is 9.14. The number of aromatic nitrogens is 2. The SMILES string of the molecule is O=c1[nH]cc(-c2ccc(F)c(C(F)(F)F)c2)c(=O)[nH]1. The van der Waals surface area contributed by atoms with Crippen molar-refractivity contribution in [2.75, 3.05) is 0 Å². The van der Waals surface area contributed by atoms with Gasteiger partial charge in [-0.2, -0.15) is 13.2 Å². The van der Waals surface area contributed by atoms with Gasteiger partial charge < -0.3 is 4.98 Å². The maximum atomic E-state index is 13.1. The summed E-state index contributed by atoms with van der Waals surface area (Å²) in [6.07, 6.45) is -3.90. The summed E-state index contributed by atoms with van der Waals surface area (Å²) in [7, 11) is 0. The number of nitrogens with one attached hydrogen (secondary N) is 2. The van der Waals surface area contributed by atoms with Crippen LogP contribution in [0.25, 0.3) is 11.1 Å². The summed E-state index contributed by atoms with van der Waals surface area (Å²) in [5.74, 6) is -1.43. The summed E-state index contributed by atoms with van der Waals surface area (Å²) in [4.78, 5) is 26.2. The number of benzene rings is 1. The third-order valence-corrected chi connectivity index (χ3v) is 2.40. The lowest BCUT2D eigenvalue weighted by Crippen LogP contribution is -2.22. The lowest BCUT2D eigenvalue weighted by atomic mass is 10.0. The molecule has 19 heavy (non-hydrogen) atoms. The molecule has 0 unspecified atom stereocenters. The predicted molar refractivity (Wildman–Crippen MR) is 58.1 cm³/mol. The van der Waals surface area contributed by atoms with Crippen LogP contribution in [-0.4, -0.2) is 9.97 Å². The summed E-state index contributed by atoms with van der Waals surface area (Å²) in [6, 6.07) is 2.15. The minimum absolute atomic E-state index is 0.147. The number of H-pyrrole nitrogens is 2. The summed E-state index contributed by atoms with van der Waals surface area (Å²) in [6.45, 7) is 0. The summed E-state index contributed by atoms with van der Waals surface area (Å²) >= 11 is 0. The van der Waals surface area contributed by atoms with E-state index in [4.69, 9.17) is 0 Å². The lowest BCUT2D eigenvalue weighted by molar-refractivity contribution is -0.139. The Balaban J connectivity index is 2.65. The van der Waals surface area contributed by atoms with Crippen molar-refractivity contribution in [3.63, 3.8) is 0 Å². The topological polar surface area (TPSA) is 65.7 Å². The maximum absolute atomic E-state index is 13.1. The first-order valence-corrected chi connectivity index (χ1v) is 4.98. The molecule has 2 N–H and O–H groups in total. The van der Waals surface area contributed by atoms with Gasteiger partial charge in [-0.25, -0.2) is 9.18 Å². The molecule has 0 atom stereocenters. The Hall–Kier alpha value is -2.38. The van der Waals surface area contributed by atoms with Gasteiger partial charge in [-0.05, 0) is 17.7 Å². The van der Waals surface area contributed by atoms with Gasteiger partial charge in [0.1, 0.15) is 5.82 Å². The van der Waals surface area contributed by atoms with E-state index in [2.05, 4.69) is 4.98 Å². The van der Waals surface area contributed by atoms with Gasteiger partial charge in [0.15, 0.2) is 0 Å². The van der Waals surface area contributed by atoms with Gasteiger partial charge in [-0.3, -0.25) is 9.78 Å². The van der Waals surface area contributed by atoms with E-state index in [0.717, 1.165) is 12.3 Å². The largest absolute Gasteiger partial charge is 0.419 e. The molecule has 4 nitrogen and oxygen atoms in total. The van der Waals surface area contributed by atoms with Crippen LogP contribution in [0.4, 0.5) is 17.6 Å². The van der Waals surface area contributed by atoms with E-state index in [1.54, 1.807) is 0 Å². The molecular weight excluding hydrogens is 268 g/mol. The second-order valence-electron chi connectivity index (χ2n) is 3.68. The predicted octanol–water partition coefficient (Wildman–Crippen LogP) is 1.89. The zero-order valence-electron chi connectivity index (χ0n) is 9.14. The summed E-state index contributed by atoms with van der Waals surface area (Å²) in [5.41, 5.74) is -3.46. The first-order chi connectivity index (χ1) is 8.79. The zero-order chi connectivity index (χ0) is 14.2. The van der Waals surface area contributed by atoms with Crippen molar-refractivity contribution < 1.29 is 17.6 Å². The normalized spacial score (nSPS) is 11.6. The van der Waals surface area contributed by atoms with E-state index in [1.165, 1.54) is 0 Å². The van der Waals surface area contributed by atoms with E-state index in [0.29, 0.717) is 12.1 Å². The smallest absolute Gasteiger partial charge is 0.313 e. The van der Waals surface area contributed by atoms with E-state index >= 15 is 0 Å². The molecule has 2 rings (SSSR count). The van der Waals surface area contributed by atoms with Gasteiger partial charge in [0.25, 0.3) is 5.56 Å². The number of alkyl halides is 3. The molecule has 0 radical (unpaired) electrons. The van der Waals surface area contributed by atoms with Crippen molar-refractivity contribution in [2.45, 2.75) is 6.18 Å². The highest BCUT2D eigenvalue weighted by Gasteiger charge is 2.34. The number of halogens is 4. The van der Waals surface area contributed by atoms with E-state index in [1.807, 2.05) is 4.98 Å². The molecule has 0 aliphatic carbocycles. The first kappa shape index (κ1) is 13.1. The molecule has 0 saturated heterocycles.